The Kier molecular flexibility index (Phi) is 12.3. The minimum absolute atomic E-state index is 0.0361. The van der Waals surface area contributed by atoms with Crippen molar-refractivity contribution >= 4 is 5.97 Å². The number of esters is 1. The van der Waals surface area contributed by atoms with Crippen LogP contribution >= 0.6 is 0 Å². The first-order valence-corrected chi connectivity index (χ1v) is 15.2. The van der Waals surface area contributed by atoms with Gasteiger partial charge in [0, 0.05) is 6.92 Å². The molecule has 0 radical (unpaired) electrons. The van der Waals surface area contributed by atoms with Gasteiger partial charge in [0.25, 0.3) is 0 Å². The average molecular weight is 609 g/mol. The lowest BCUT2D eigenvalue weighted by molar-refractivity contribution is -0.223. The molecular formula is C38H40O7. The summed E-state index contributed by atoms with van der Waals surface area (Å²) in [6.45, 7) is 3.10. The van der Waals surface area contributed by atoms with Gasteiger partial charge in [-0.2, -0.15) is 0 Å². The molecule has 1 aliphatic rings. The zero-order valence-electron chi connectivity index (χ0n) is 25.5. The van der Waals surface area contributed by atoms with Gasteiger partial charge in [0.1, 0.15) is 30.7 Å². The van der Waals surface area contributed by atoms with E-state index in [4.69, 9.17) is 28.4 Å². The maximum atomic E-state index is 11.6. The Labute approximate surface area is 265 Å². The Hall–Kier alpha value is -4.27. The molecule has 1 saturated heterocycles. The fraction of sp³-hybridized carbons (Fsp3) is 0.289. The Morgan fingerprint density at radius 1 is 0.622 bits per heavy atom. The van der Waals surface area contributed by atoms with Gasteiger partial charge >= 0.3 is 5.97 Å². The van der Waals surface area contributed by atoms with E-state index in [0.29, 0.717) is 32.2 Å². The summed E-state index contributed by atoms with van der Waals surface area (Å²) in [6, 6.07) is 39.9. The van der Waals surface area contributed by atoms with E-state index in [1.165, 1.54) is 6.92 Å². The van der Waals surface area contributed by atoms with Crippen molar-refractivity contribution in [1.29, 1.82) is 0 Å². The topological polar surface area (TPSA) is 72.5 Å². The molecule has 0 N–H and O–H groups in total. The SMILES string of the molecule is CC(=O)OCC=C1OC(COCc2ccccc2)C(OCc2ccccc2)C(OCc2ccccc2)C1OCc1ccccc1. The van der Waals surface area contributed by atoms with Crippen molar-refractivity contribution in [2.75, 3.05) is 13.2 Å². The van der Waals surface area contributed by atoms with Crippen molar-refractivity contribution in [3.8, 4) is 0 Å². The smallest absolute Gasteiger partial charge is 0.302 e. The molecule has 0 saturated carbocycles. The molecule has 4 atom stereocenters. The summed E-state index contributed by atoms with van der Waals surface area (Å²) in [5.41, 5.74) is 4.12. The first-order valence-electron chi connectivity index (χ1n) is 15.2. The molecule has 234 valence electrons. The van der Waals surface area contributed by atoms with Gasteiger partial charge in [-0.1, -0.05) is 121 Å². The van der Waals surface area contributed by atoms with Gasteiger partial charge in [0.15, 0.2) is 6.10 Å². The van der Waals surface area contributed by atoms with Gasteiger partial charge in [-0.05, 0) is 28.3 Å². The highest BCUT2D eigenvalue weighted by Crippen LogP contribution is 2.33. The number of hydrogen-bond donors (Lipinski definition) is 0. The Morgan fingerprint density at radius 3 is 1.56 bits per heavy atom. The Bertz CT molecular complexity index is 1440. The van der Waals surface area contributed by atoms with Crippen LogP contribution in [0.4, 0.5) is 0 Å². The van der Waals surface area contributed by atoms with Crippen LogP contribution in [-0.2, 0) is 59.6 Å². The molecule has 7 heteroatoms. The molecule has 0 bridgehead atoms. The molecule has 1 heterocycles. The zero-order valence-corrected chi connectivity index (χ0v) is 25.5. The molecule has 5 rings (SSSR count). The maximum absolute atomic E-state index is 11.6. The monoisotopic (exact) mass is 608 g/mol. The predicted octanol–water partition coefficient (Wildman–Crippen LogP) is 6.81. The number of ether oxygens (including phenoxy) is 6. The molecule has 4 aromatic carbocycles. The second-order valence-corrected chi connectivity index (χ2v) is 10.8. The van der Waals surface area contributed by atoms with E-state index in [-0.39, 0.29) is 19.2 Å². The van der Waals surface area contributed by atoms with Gasteiger partial charge in [-0.15, -0.1) is 0 Å². The summed E-state index contributed by atoms with van der Waals surface area (Å²) < 4.78 is 38.0. The lowest BCUT2D eigenvalue weighted by Gasteiger charge is -2.43. The standard InChI is InChI=1S/C38H40O7/c1-29(39)41-23-22-34-36(42-25-31-16-8-3-9-17-31)38(44-27-33-20-12-5-13-21-33)37(43-26-32-18-10-4-11-19-32)35(45-34)28-40-24-30-14-6-2-7-15-30/h2-22,35-38H,23-28H2,1H3. The largest absolute Gasteiger partial charge is 0.487 e. The fourth-order valence-electron chi connectivity index (χ4n) is 5.11. The van der Waals surface area contributed by atoms with Crippen LogP contribution < -0.4 is 0 Å². The third-order valence-corrected chi connectivity index (χ3v) is 7.36. The maximum Gasteiger partial charge on any atom is 0.302 e. The molecule has 4 aromatic rings. The van der Waals surface area contributed by atoms with Crippen LogP contribution in [0.3, 0.4) is 0 Å². The van der Waals surface area contributed by atoms with Crippen LogP contribution in [0.5, 0.6) is 0 Å². The van der Waals surface area contributed by atoms with E-state index in [1.807, 2.05) is 121 Å². The van der Waals surface area contributed by atoms with Crippen molar-refractivity contribution in [1.82, 2.24) is 0 Å². The quantitative estimate of drug-likeness (QED) is 0.137. The van der Waals surface area contributed by atoms with Crippen molar-refractivity contribution in [3.05, 3.63) is 155 Å². The molecule has 0 aromatic heterocycles. The Balaban J connectivity index is 1.45. The van der Waals surface area contributed by atoms with Crippen LogP contribution in [0, 0.1) is 0 Å². The van der Waals surface area contributed by atoms with Crippen LogP contribution in [0.2, 0.25) is 0 Å². The lowest BCUT2D eigenvalue weighted by Crippen LogP contribution is -2.56. The number of carbonyl (C=O) groups is 1. The highest BCUT2D eigenvalue weighted by atomic mass is 16.6. The van der Waals surface area contributed by atoms with Crippen LogP contribution in [-0.4, -0.2) is 43.6 Å². The van der Waals surface area contributed by atoms with Crippen molar-refractivity contribution in [2.45, 2.75) is 57.8 Å². The van der Waals surface area contributed by atoms with E-state index in [9.17, 15) is 4.79 Å². The number of rotatable bonds is 15. The summed E-state index contributed by atoms with van der Waals surface area (Å²) in [4.78, 5) is 11.6. The lowest BCUT2D eigenvalue weighted by atomic mass is 9.96. The average Bonchev–Trinajstić information content (AvgIpc) is 3.08. The van der Waals surface area contributed by atoms with Crippen LogP contribution in [0.1, 0.15) is 29.2 Å². The van der Waals surface area contributed by atoms with Gasteiger partial charge < -0.3 is 28.4 Å². The zero-order chi connectivity index (χ0) is 31.1. The summed E-state index contributed by atoms with van der Waals surface area (Å²) in [7, 11) is 0. The molecule has 1 aliphatic heterocycles. The van der Waals surface area contributed by atoms with Gasteiger partial charge in [0.05, 0.1) is 33.0 Å². The fourth-order valence-corrected chi connectivity index (χ4v) is 5.11. The molecule has 0 amide bonds. The van der Waals surface area contributed by atoms with Gasteiger partial charge in [0.2, 0.25) is 0 Å². The first kappa shape index (κ1) is 32.1. The second-order valence-electron chi connectivity index (χ2n) is 10.8. The predicted molar refractivity (Wildman–Crippen MR) is 171 cm³/mol. The third-order valence-electron chi connectivity index (χ3n) is 7.36. The summed E-state index contributed by atoms with van der Waals surface area (Å²) >= 11 is 0. The van der Waals surface area contributed by atoms with E-state index < -0.39 is 24.4 Å². The first-order chi connectivity index (χ1) is 22.2. The van der Waals surface area contributed by atoms with Crippen molar-refractivity contribution < 1.29 is 33.2 Å². The highest BCUT2D eigenvalue weighted by molar-refractivity contribution is 5.66. The van der Waals surface area contributed by atoms with E-state index in [0.717, 1.165) is 22.3 Å². The minimum Gasteiger partial charge on any atom is -0.487 e. The summed E-state index contributed by atoms with van der Waals surface area (Å²) in [5.74, 6) is 0.131. The van der Waals surface area contributed by atoms with E-state index in [1.54, 1.807) is 6.08 Å². The number of benzene rings is 4. The highest BCUT2D eigenvalue weighted by Gasteiger charge is 2.46. The molecule has 4 unspecified atom stereocenters. The molecule has 0 spiro atoms. The van der Waals surface area contributed by atoms with E-state index >= 15 is 0 Å². The molecule has 7 nitrogen and oxygen atoms in total. The molecule has 0 aliphatic carbocycles. The van der Waals surface area contributed by atoms with Crippen LogP contribution in [0.15, 0.2) is 133 Å². The Morgan fingerprint density at radius 2 is 1.07 bits per heavy atom. The van der Waals surface area contributed by atoms with Gasteiger partial charge in [-0.3, -0.25) is 4.79 Å². The minimum atomic E-state index is -0.643. The molecular weight excluding hydrogens is 568 g/mol. The normalized spacial score (nSPS) is 20.4. The van der Waals surface area contributed by atoms with E-state index in [2.05, 4.69) is 0 Å². The summed E-state index contributed by atoms with van der Waals surface area (Å²) in [5, 5.41) is 0. The van der Waals surface area contributed by atoms with Crippen molar-refractivity contribution in [2.24, 2.45) is 0 Å². The summed E-state index contributed by atoms with van der Waals surface area (Å²) in [6.07, 6.45) is -0.543. The number of carbonyl (C=O) groups excluding carboxylic acids is 1. The van der Waals surface area contributed by atoms with Gasteiger partial charge in [-0.25, -0.2) is 0 Å². The number of hydrogen-bond acceptors (Lipinski definition) is 7. The third kappa shape index (κ3) is 10.1. The van der Waals surface area contributed by atoms with Crippen molar-refractivity contribution in [3.63, 3.8) is 0 Å². The second kappa shape index (κ2) is 17.3. The molecule has 45 heavy (non-hydrogen) atoms. The molecule has 1 fully saturated rings. The van der Waals surface area contributed by atoms with Crippen LogP contribution in [0.25, 0.3) is 0 Å².